The number of halogens is 1. The molecule has 2 aromatic rings. The van der Waals surface area contributed by atoms with Gasteiger partial charge in [0.05, 0.1) is 31.6 Å². The predicted molar refractivity (Wildman–Crippen MR) is 95.4 cm³/mol. The largest absolute Gasteiger partial charge is 0.493 e. The van der Waals surface area contributed by atoms with Crippen LogP contribution in [0.25, 0.3) is 0 Å². The lowest BCUT2D eigenvalue weighted by atomic mass is 10.2. The molecule has 1 aromatic carbocycles. The second-order valence-electron chi connectivity index (χ2n) is 5.49. The van der Waals surface area contributed by atoms with Gasteiger partial charge < -0.3 is 14.8 Å². The zero-order valence-corrected chi connectivity index (χ0v) is 15.1. The lowest BCUT2D eigenvalue weighted by molar-refractivity contribution is 0.310. The summed E-state index contributed by atoms with van der Waals surface area (Å²) in [5.41, 5.74) is 1.18. The average molecular weight is 352 g/mol. The third kappa shape index (κ3) is 4.00. The van der Waals surface area contributed by atoms with Gasteiger partial charge in [-0.25, -0.2) is 4.68 Å². The molecule has 1 N–H and O–H groups in total. The van der Waals surface area contributed by atoms with Crippen LogP contribution in [0, 0.1) is 0 Å². The van der Waals surface area contributed by atoms with Gasteiger partial charge >= 0.3 is 0 Å². The Balaban J connectivity index is 2.18. The van der Waals surface area contributed by atoms with Crippen LogP contribution in [-0.4, -0.2) is 23.5 Å². The molecule has 1 aromatic heterocycles. The number of nitrogens with zero attached hydrogens (tertiary/aromatic N) is 2. The summed E-state index contributed by atoms with van der Waals surface area (Å²) < 4.78 is 12.2. The molecule has 24 heavy (non-hydrogen) atoms. The number of methoxy groups -OCH3 is 1. The standard InChI is InChI=1S/C17H22ClN3O3/c1-5-24-15-8-12(6-7-14(15)23-4)9-19-13-10-20-21(11(2)3)17(22)16(13)18/h6-8,10-11,19H,5,9H2,1-4H3. The van der Waals surface area contributed by atoms with Gasteiger partial charge in [-0.1, -0.05) is 17.7 Å². The van der Waals surface area contributed by atoms with Crippen LogP contribution in [0.15, 0.2) is 29.2 Å². The molecule has 0 bridgehead atoms. The SMILES string of the molecule is CCOc1cc(CNc2cnn(C(C)C)c(=O)c2Cl)ccc1OC. The lowest BCUT2D eigenvalue weighted by Gasteiger charge is -2.14. The van der Waals surface area contributed by atoms with E-state index in [9.17, 15) is 4.79 Å². The van der Waals surface area contributed by atoms with Crippen molar-refractivity contribution >= 4 is 17.3 Å². The first-order valence-electron chi connectivity index (χ1n) is 7.78. The van der Waals surface area contributed by atoms with E-state index < -0.39 is 0 Å². The summed E-state index contributed by atoms with van der Waals surface area (Å²) in [6.07, 6.45) is 1.57. The molecule has 0 saturated carbocycles. The maximum absolute atomic E-state index is 12.2. The molecule has 0 radical (unpaired) electrons. The molecule has 0 fully saturated rings. The Morgan fingerprint density at radius 3 is 2.71 bits per heavy atom. The van der Waals surface area contributed by atoms with Crippen molar-refractivity contribution in [2.45, 2.75) is 33.4 Å². The molecule has 0 saturated heterocycles. The monoisotopic (exact) mass is 351 g/mol. The molecule has 0 aliphatic carbocycles. The van der Waals surface area contributed by atoms with Crippen molar-refractivity contribution in [1.82, 2.24) is 9.78 Å². The van der Waals surface area contributed by atoms with Crippen molar-refractivity contribution in [3.05, 3.63) is 45.3 Å². The van der Waals surface area contributed by atoms with Crippen LogP contribution in [0.1, 0.15) is 32.4 Å². The van der Waals surface area contributed by atoms with E-state index in [2.05, 4.69) is 10.4 Å². The third-order valence-electron chi connectivity index (χ3n) is 3.44. The summed E-state index contributed by atoms with van der Waals surface area (Å²) in [6, 6.07) is 5.62. The van der Waals surface area contributed by atoms with Crippen LogP contribution >= 0.6 is 11.6 Å². The summed E-state index contributed by atoms with van der Waals surface area (Å²) in [7, 11) is 1.60. The fraction of sp³-hybridized carbons (Fsp3) is 0.412. The number of ether oxygens (including phenoxy) is 2. The fourth-order valence-corrected chi connectivity index (χ4v) is 2.43. The second kappa shape index (κ2) is 8.06. The van der Waals surface area contributed by atoms with Crippen LogP contribution in [0.5, 0.6) is 11.5 Å². The van der Waals surface area contributed by atoms with Crippen molar-refractivity contribution in [2.24, 2.45) is 0 Å². The summed E-state index contributed by atoms with van der Waals surface area (Å²) >= 11 is 6.16. The van der Waals surface area contributed by atoms with Gasteiger partial charge in [0.25, 0.3) is 5.56 Å². The highest BCUT2D eigenvalue weighted by Crippen LogP contribution is 2.28. The third-order valence-corrected chi connectivity index (χ3v) is 3.81. The van der Waals surface area contributed by atoms with Crippen LogP contribution in [0.3, 0.4) is 0 Å². The highest BCUT2D eigenvalue weighted by molar-refractivity contribution is 6.32. The van der Waals surface area contributed by atoms with E-state index in [1.165, 1.54) is 4.68 Å². The van der Waals surface area contributed by atoms with E-state index in [1.807, 2.05) is 39.0 Å². The minimum Gasteiger partial charge on any atom is -0.493 e. The molecule has 130 valence electrons. The molecule has 2 rings (SSSR count). The highest BCUT2D eigenvalue weighted by atomic mass is 35.5. The molecule has 0 amide bonds. The summed E-state index contributed by atoms with van der Waals surface area (Å²) in [6.45, 7) is 6.71. The summed E-state index contributed by atoms with van der Waals surface area (Å²) in [5.74, 6) is 1.36. The molecule has 0 aliphatic heterocycles. The van der Waals surface area contributed by atoms with Crippen LogP contribution in [0.2, 0.25) is 5.02 Å². The first-order chi connectivity index (χ1) is 11.5. The molecular formula is C17H22ClN3O3. The highest BCUT2D eigenvalue weighted by Gasteiger charge is 2.11. The first-order valence-corrected chi connectivity index (χ1v) is 8.16. The maximum atomic E-state index is 12.2. The number of nitrogens with one attached hydrogen (secondary N) is 1. The number of benzene rings is 1. The van der Waals surface area contributed by atoms with E-state index in [4.69, 9.17) is 21.1 Å². The van der Waals surface area contributed by atoms with Gasteiger partial charge in [-0.2, -0.15) is 5.10 Å². The number of rotatable bonds is 7. The quantitative estimate of drug-likeness (QED) is 0.827. The van der Waals surface area contributed by atoms with Crippen molar-refractivity contribution in [3.8, 4) is 11.5 Å². The molecule has 1 heterocycles. The van der Waals surface area contributed by atoms with Gasteiger partial charge in [-0.15, -0.1) is 0 Å². The molecular weight excluding hydrogens is 330 g/mol. The first kappa shape index (κ1) is 18.1. The Morgan fingerprint density at radius 1 is 1.33 bits per heavy atom. The molecule has 0 atom stereocenters. The van der Waals surface area contributed by atoms with Gasteiger partial charge in [0.15, 0.2) is 11.5 Å². The Hall–Kier alpha value is -2.21. The molecule has 0 aliphatic rings. The van der Waals surface area contributed by atoms with E-state index in [-0.39, 0.29) is 16.6 Å². The van der Waals surface area contributed by atoms with Gasteiger partial charge in [0, 0.05) is 6.54 Å². The number of anilines is 1. The van der Waals surface area contributed by atoms with Crippen LogP contribution < -0.4 is 20.3 Å². The number of hydrogen-bond acceptors (Lipinski definition) is 5. The fourth-order valence-electron chi connectivity index (χ4n) is 2.23. The van der Waals surface area contributed by atoms with Gasteiger partial charge in [-0.3, -0.25) is 4.79 Å². The van der Waals surface area contributed by atoms with Crippen molar-refractivity contribution in [2.75, 3.05) is 19.0 Å². The van der Waals surface area contributed by atoms with E-state index >= 15 is 0 Å². The zero-order chi connectivity index (χ0) is 17.7. The van der Waals surface area contributed by atoms with E-state index in [0.29, 0.717) is 30.3 Å². The number of hydrogen-bond donors (Lipinski definition) is 1. The normalized spacial score (nSPS) is 10.8. The Bertz CT molecular complexity index is 759. The van der Waals surface area contributed by atoms with Gasteiger partial charge in [0.2, 0.25) is 0 Å². The smallest absolute Gasteiger partial charge is 0.287 e. The lowest BCUT2D eigenvalue weighted by Crippen LogP contribution is -2.25. The Labute approximate surface area is 146 Å². The molecule has 0 unspecified atom stereocenters. The second-order valence-corrected chi connectivity index (χ2v) is 5.87. The average Bonchev–Trinajstić information content (AvgIpc) is 2.56. The van der Waals surface area contributed by atoms with Crippen molar-refractivity contribution in [1.29, 1.82) is 0 Å². The van der Waals surface area contributed by atoms with E-state index in [0.717, 1.165) is 5.56 Å². The van der Waals surface area contributed by atoms with Gasteiger partial charge in [-0.05, 0) is 38.5 Å². The van der Waals surface area contributed by atoms with E-state index in [1.54, 1.807) is 13.3 Å². The zero-order valence-electron chi connectivity index (χ0n) is 14.3. The Morgan fingerprint density at radius 2 is 2.08 bits per heavy atom. The predicted octanol–water partition coefficient (Wildman–Crippen LogP) is 3.50. The summed E-state index contributed by atoms with van der Waals surface area (Å²) in [5, 5.41) is 7.41. The number of aromatic nitrogens is 2. The molecule has 6 nitrogen and oxygen atoms in total. The maximum Gasteiger partial charge on any atom is 0.287 e. The molecule has 7 heteroatoms. The molecule has 0 spiro atoms. The minimum absolute atomic E-state index is 0.0422. The summed E-state index contributed by atoms with van der Waals surface area (Å²) in [4.78, 5) is 12.2. The van der Waals surface area contributed by atoms with Crippen LogP contribution in [0.4, 0.5) is 5.69 Å². The van der Waals surface area contributed by atoms with Crippen molar-refractivity contribution < 1.29 is 9.47 Å². The minimum atomic E-state index is -0.304. The van der Waals surface area contributed by atoms with Crippen molar-refractivity contribution in [3.63, 3.8) is 0 Å². The van der Waals surface area contributed by atoms with Crippen LogP contribution in [-0.2, 0) is 6.54 Å². The topological polar surface area (TPSA) is 65.4 Å². The Kier molecular flexibility index (Phi) is 6.09. The van der Waals surface area contributed by atoms with Gasteiger partial charge in [0.1, 0.15) is 5.02 Å².